The SMILES string of the molecule is CCC/C=C\C(CCCCCCC(=O)NCC(=O)NC(CO)C(=O)O)OC(=O)CCCCCCCCC/C=C\C/C=C\CCCCC. The number of hydrogen-bond donors (Lipinski definition) is 4. The predicted octanol–water partition coefficient (Wildman–Crippen LogP) is 7.87. The van der Waals surface area contributed by atoms with Crippen LogP contribution in [0.2, 0.25) is 0 Å². The van der Waals surface area contributed by atoms with E-state index >= 15 is 0 Å². The van der Waals surface area contributed by atoms with Crippen molar-refractivity contribution in [3.05, 3.63) is 36.5 Å². The van der Waals surface area contributed by atoms with Gasteiger partial charge in [-0.1, -0.05) is 108 Å². The zero-order valence-corrected chi connectivity index (χ0v) is 29.5. The number of aliphatic hydroxyl groups excluding tert-OH is 1. The van der Waals surface area contributed by atoms with Gasteiger partial charge in [0.1, 0.15) is 12.1 Å². The Morgan fingerprint density at radius 2 is 1.26 bits per heavy atom. The third-order valence-electron chi connectivity index (χ3n) is 7.82. The maximum absolute atomic E-state index is 12.5. The van der Waals surface area contributed by atoms with Crippen LogP contribution in [0.1, 0.15) is 155 Å². The summed E-state index contributed by atoms with van der Waals surface area (Å²) in [5.41, 5.74) is 0. The maximum Gasteiger partial charge on any atom is 0.328 e. The van der Waals surface area contributed by atoms with E-state index in [-0.39, 0.29) is 30.9 Å². The molecule has 0 saturated heterocycles. The minimum atomic E-state index is -1.39. The van der Waals surface area contributed by atoms with E-state index in [9.17, 15) is 19.2 Å². The third kappa shape index (κ3) is 30.2. The summed E-state index contributed by atoms with van der Waals surface area (Å²) in [5, 5.41) is 22.4. The number of carboxylic acid groups (broad SMARTS) is 1. The van der Waals surface area contributed by atoms with Crippen LogP contribution in [0.15, 0.2) is 36.5 Å². The molecule has 9 heteroatoms. The van der Waals surface area contributed by atoms with Crippen LogP contribution in [-0.4, -0.2) is 59.3 Å². The molecule has 0 aromatic carbocycles. The Morgan fingerprint density at radius 3 is 1.87 bits per heavy atom. The lowest BCUT2D eigenvalue weighted by Crippen LogP contribution is -2.47. The molecule has 47 heavy (non-hydrogen) atoms. The second kappa shape index (κ2) is 33.0. The fourth-order valence-electron chi connectivity index (χ4n) is 4.95. The number of carbonyl (C=O) groups is 4. The highest BCUT2D eigenvalue weighted by molar-refractivity contribution is 5.87. The van der Waals surface area contributed by atoms with Crippen LogP contribution in [0.25, 0.3) is 0 Å². The number of aliphatic carboxylic acids is 1. The first-order valence-electron chi connectivity index (χ1n) is 18.4. The van der Waals surface area contributed by atoms with Crippen molar-refractivity contribution < 1.29 is 34.1 Å². The van der Waals surface area contributed by atoms with Gasteiger partial charge in [-0.3, -0.25) is 14.4 Å². The Morgan fingerprint density at radius 1 is 0.660 bits per heavy atom. The average molecular weight is 663 g/mol. The number of carbonyl (C=O) groups excluding carboxylic acids is 3. The van der Waals surface area contributed by atoms with Gasteiger partial charge in [0.25, 0.3) is 0 Å². The molecule has 2 atom stereocenters. The van der Waals surface area contributed by atoms with Crippen LogP contribution >= 0.6 is 0 Å². The molecule has 0 aliphatic carbocycles. The summed E-state index contributed by atoms with van der Waals surface area (Å²) in [6.07, 6.45) is 35.1. The van der Waals surface area contributed by atoms with Crippen LogP contribution in [0.3, 0.4) is 0 Å². The minimum Gasteiger partial charge on any atom is -0.480 e. The Bertz CT molecular complexity index is 900. The standard InChI is InChI=1S/C38H66N2O7/c1-3-5-7-8-9-10-11-12-13-14-15-16-17-18-19-20-26-30-37(44)47-33(27-23-6-4-2)28-24-21-22-25-29-35(42)39-31-36(43)40-34(32-41)38(45)46/h9-10,12-13,23,27,33-34,41H,3-8,11,14-22,24-26,28-32H2,1-2H3,(H,39,42)(H,40,43)(H,45,46)/b10-9-,13-12-,27-23-. The molecule has 0 aliphatic rings. The maximum atomic E-state index is 12.5. The summed E-state index contributed by atoms with van der Waals surface area (Å²) in [6, 6.07) is -1.39. The van der Waals surface area contributed by atoms with E-state index in [1.165, 1.54) is 51.4 Å². The summed E-state index contributed by atoms with van der Waals surface area (Å²) in [4.78, 5) is 47.0. The zero-order valence-electron chi connectivity index (χ0n) is 29.5. The highest BCUT2D eigenvalue weighted by atomic mass is 16.5. The van der Waals surface area contributed by atoms with E-state index in [2.05, 4.69) is 54.9 Å². The van der Waals surface area contributed by atoms with E-state index in [1.807, 2.05) is 6.08 Å². The molecule has 2 amide bonds. The minimum absolute atomic E-state index is 0.131. The van der Waals surface area contributed by atoms with Crippen LogP contribution in [-0.2, 0) is 23.9 Å². The average Bonchev–Trinajstić information content (AvgIpc) is 3.05. The molecular weight excluding hydrogens is 596 g/mol. The van der Waals surface area contributed by atoms with Gasteiger partial charge < -0.3 is 25.6 Å². The Kier molecular flexibility index (Phi) is 30.9. The molecule has 0 bridgehead atoms. The molecule has 0 fully saturated rings. The van der Waals surface area contributed by atoms with Gasteiger partial charge in [0.05, 0.1) is 13.2 Å². The van der Waals surface area contributed by atoms with E-state index in [0.717, 1.165) is 70.6 Å². The number of unbranched alkanes of at least 4 members (excludes halogenated alkanes) is 14. The lowest BCUT2D eigenvalue weighted by atomic mass is 10.1. The first-order chi connectivity index (χ1) is 22.8. The molecule has 0 saturated carbocycles. The number of rotatable bonds is 32. The van der Waals surface area contributed by atoms with Crippen LogP contribution in [0.5, 0.6) is 0 Å². The summed E-state index contributed by atoms with van der Waals surface area (Å²) in [7, 11) is 0. The topological polar surface area (TPSA) is 142 Å². The van der Waals surface area contributed by atoms with Crippen molar-refractivity contribution in [3.8, 4) is 0 Å². The molecule has 0 aliphatic heterocycles. The van der Waals surface area contributed by atoms with Crippen LogP contribution in [0.4, 0.5) is 0 Å². The molecule has 0 aromatic rings. The van der Waals surface area contributed by atoms with Crippen molar-refractivity contribution in [1.82, 2.24) is 10.6 Å². The number of nitrogens with one attached hydrogen (secondary N) is 2. The van der Waals surface area contributed by atoms with E-state index in [1.54, 1.807) is 0 Å². The summed E-state index contributed by atoms with van der Waals surface area (Å²) in [5.74, 6) is -2.43. The van der Waals surface area contributed by atoms with Crippen LogP contribution < -0.4 is 10.6 Å². The van der Waals surface area contributed by atoms with Crippen molar-refractivity contribution in [2.24, 2.45) is 0 Å². The first kappa shape index (κ1) is 44.1. The Balaban J connectivity index is 3.98. The van der Waals surface area contributed by atoms with Gasteiger partial charge in [0.15, 0.2) is 0 Å². The highest BCUT2D eigenvalue weighted by Gasteiger charge is 2.18. The van der Waals surface area contributed by atoms with Gasteiger partial charge in [0, 0.05) is 12.8 Å². The third-order valence-corrected chi connectivity index (χ3v) is 7.82. The van der Waals surface area contributed by atoms with E-state index < -0.39 is 24.5 Å². The Hall–Kier alpha value is -2.94. The molecule has 0 radical (unpaired) electrons. The predicted molar refractivity (Wildman–Crippen MR) is 190 cm³/mol. The van der Waals surface area contributed by atoms with Crippen molar-refractivity contribution in [1.29, 1.82) is 0 Å². The van der Waals surface area contributed by atoms with E-state index in [4.69, 9.17) is 14.9 Å². The van der Waals surface area contributed by atoms with Gasteiger partial charge >= 0.3 is 11.9 Å². The lowest BCUT2D eigenvalue weighted by Gasteiger charge is -2.15. The van der Waals surface area contributed by atoms with Gasteiger partial charge in [-0.05, 0) is 70.3 Å². The van der Waals surface area contributed by atoms with Crippen molar-refractivity contribution in [2.75, 3.05) is 13.2 Å². The number of esters is 1. The summed E-state index contributed by atoms with van der Waals surface area (Å²) < 4.78 is 5.78. The second-order valence-electron chi connectivity index (χ2n) is 12.3. The molecular formula is C38H66N2O7. The fraction of sp³-hybridized carbons (Fsp3) is 0.737. The fourth-order valence-corrected chi connectivity index (χ4v) is 4.95. The largest absolute Gasteiger partial charge is 0.480 e. The molecule has 0 spiro atoms. The number of aliphatic hydroxyl groups is 1. The first-order valence-corrected chi connectivity index (χ1v) is 18.4. The normalized spacial score (nSPS) is 12.9. The molecule has 9 nitrogen and oxygen atoms in total. The monoisotopic (exact) mass is 662 g/mol. The van der Waals surface area contributed by atoms with Gasteiger partial charge in [-0.2, -0.15) is 0 Å². The van der Waals surface area contributed by atoms with Crippen molar-refractivity contribution in [3.63, 3.8) is 0 Å². The summed E-state index contributed by atoms with van der Waals surface area (Å²) in [6.45, 7) is 3.29. The zero-order chi connectivity index (χ0) is 34.8. The number of hydrogen-bond acceptors (Lipinski definition) is 6. The Labute approximate surface area is 285 Å². The van der Waals surface area contributed by atoms with Gasteiger partial charge in [0.2, 0.25) is 11.8 Å². The van der Waals surface area contributed by atoms with Crippen molar-refractivity contribution >= 4 is 23.8 Å². The molecule has 0 rings (SSSR count). The van der Waals surface area contributed by atoms with Gasteiger partial charge in [-0.25, -0.2) is 4.79 Å². The van der Waals surface area contributed by atoms with E-state index in [0.29, 0.717) is 12.8 Å². The lowest BCUT2D eigenvalue weighted by molar-refractivity contribution is -0.147. The molecule has 0 heterocycles. The number of allylic oxidation sites excluding steroid dienone is 5. The molecule has 2 unspecified atom stereocenters. The molecule has 270 valence electrons. The number of amides is 2. The number of ether oxygens (including phenoxy) is 1. The molecule has 4 N–H and O–H groups in total. The quantitative estimate of drug-likeness (QED) is 0.0326. The highest BCUT2D eigenvalue weighted by Crippen LogP contribution is 2.15. The smallest absolute Gasteiger partial charge is 0.328 e. The molecule has 0 aromatic heterocycles. The second-order valence-corrected chi connectivity index (χ2v) is 12.3. The number of carboxylic acids is 1. The summed E-state index contributed by atoms with van der Waals surface area (Å²) >= 11 is 0. The van der Waals surface area contributed by atoms with Crippen molar-refractivity contribution in [2.45, 2.75) is 167 Å². The van der Waals surface area contributed by atoms with Gasteiger partial charge in [-0.15, -0.1) is 0 Å². The van der Waals surface area contributed by atoms with Crippen LogP contribution in [0, 0.1) is 0 Å².